The number of carbonyl (C=O) groups excluding carboxylic acids is 1. The van der Waals surface area contributed by atoms with Crippen LogP contribution in [0, 0.1) is 12.8 Å². The van der Waals surface area contributed by atoms with Crippen molar-refractivity contribution < 1.29 is 29.3 Å². The molecule has 37 heavy (non-hydrogen) atoms. The molecule has 1 aliphatic rings. The largest absolute Gasteiger partial charge is 0.481 e. The first-order chi connectivity index (χ1) is 17.8. The van der Waals surface area contributed by atoms with Gasteiger partial charge in [-0.3, -0.25) is 9.59 Å². The molecular weight excluding hydrogens is 514 g/mol. The van der Waals surface area contributed by atoms with Crippen LogP contribution in [0.5, 0.6) is 0 Å². The molecule has 1 aliphatic heterocycles. The Hall–Kier alpha value is -2.83. The van der Waals surface area contributed by atoms with Crippen molar-refractivity contribution in [3.05, 3.63) is 70.2 Å². The van der Waals surface area contributed by atoms with E-state index in [0.29, 0.717) is 11.4 Å². The first-order valence-corrected chi connectivity index (χ1v) is 13.7. The zero-order chi connectivity index (χ0) is 26.4. The molecule has 1 aromatic heterocycles. The third-order valence-corrected chi connectivity index (χ3v) is 8.07. The van der Waals surface area contributed by atoms with E-state index in [1.165, 1.54) is 0 Å². The molecule has 1 fully saturated rings. The Morgan fingerprint density at radius 2 is 1.86 bits per heavy atom. The van der Waals surface area contributed by atoms with E-state index in [1.807, 2.05) is 37.3 Å². The smallest absolute Gasteiger partial charge is 0.303 e. The molecule has 3 aromatic rings. The summed E-state index contributed by atoms with van der Waals surface area (Å²) < 4.78 is 13.8. The Bertz CT molecular complexity index is 1220. The number of hydrogen-bond acceptors (Lipinski definition) is 9. The molecule has 0 unspecified atom stereocenters. The van der Waals surface area contributed by atoms with Gasteiger partial charge in [-0.25, -0.2) is 0 Å². The van der Waals surface area contributed by atoms with E-state index >= 15 is 0 Å². The summed E-state index contributed by atoms with van der Waals surface area (Å²) in [5.41, 5.74) is 3.09. The van der Waals surface area contributed by atoms with E-state index in [4.69, 9.17) is 14.6 Å². The van der Waals surface area contributed by atoms with Gasteiger partial charge in [0.15, 0.2) is 10.6 Å². The highest BCUT2D eigenvalue weighted by atomic mass is 32.2. The Morgan fingerprint density at radius 3 is 2.54 bits per heavy atom. The molecule has 0 aliphatic carbocycles. The fourth-order valence-electron chi connectivity index (χ4n) is 4.01. The molecule has 4 atom stereocenters. The molecule has 0 spiro atoms. The number of carbonyl (C=O) groups is 2. The second-order valence-electron chi connectivity index (χ2n) is 8.79. The number of rotatable bonds is 10. The number of aryl methyl sites for hydroxylation is 1. The Balaban J connectivity index is 1.54. The van der Waals surface area contributed by atoms with Crippen LogP contribution < -0.4 is 5.32 Å². The molecule has 2 aromatic carbocycles. The van der Waals surface area contributed by atoms with E-state index < -0.39 is 12.3 Å². The van der Waals surface area contributed by atoms with Gasteiger partial charge >= 0.3 is 5.97 Å². The summed E-state index contributed by atoms with van der Waals surface area (Å²) in [7, 11) is 0. The van der Waals surface area contributed by atoms with Gasteiger partial charge in [0.25, 0.3) is 0 Å². The molecular formula is C26H29N3O6S2. The number of anilines is 1. The minimum atomic E-state index is -1.02. The van der Waals surface area contributed by atoms with Gasteiger partial charge < -0.3 is 25.0 Å². The number of ether oxygens (including phenoxy) is 2. The average molecular weight is 544 g/mol. The van der Waals surface area contributed by atoms with Crippen molar-refractivity contribution in [2.75, 3.05) is 11.1 Å². The highest BCUT2D eigenvalue weighted by molar-refractivity contribution is 8.01. The number of hydrogen-bond donors (Lipinski definition) is 3. The van der Waals surface area contributed by atoms with Crippen LogP contribution in [0.3, 0.4) is 0 Å². The van der Waals surface area contributed by atoms with E-state index in [9.17, 15) is 14.7 Å². The van der Waals surface area contributed by atoms with Crippen molar-refractivity contribution >= 4 is 40.7 Å². The molecule has 1 amide bonds. The summed E-state index contributed by atoms with van der Waals surface area (Å²) in [4.78, 5) is 22.9. The summed E-state index contributed by atoms with van der Waals surface area (Å²) in [6.45, 7) is 3.99. The summed E-state index contributed by atoms with van der Waals surface area (Å²) >= 11 is 3.14. The van der Waals surface area contributed by atoms with Crippen LogP contribution in [0.2, 0.25) is 0 Å². The predicted octanol–water partition coefficient (Wildman–Crippen LogP) is 4.73. The summed E-state index contributed by atoms with van der Waals surface area (Å²) in [5.74, 6) is -0.710. The van der Waals surface area contributed by atoms with Crippen molar-refractivity contribution in [1.82, 2.24) is 10.2 Å². The summed E-state index contributed by atoms with van der Waals surface area (Å²) in [5, 5.41) is 30.2. The maximum atomic E-state index is 12.1. The first-order valence-electron chi connectivity index (χ1n) is 11.9. The van der Waals surface area contributed by atoms with Crippen molar-refractivity contribution in [3.63, 3.8) is 0 Å². The number of nitrogens with one attached hydrogen (secondary N) is 1. The number of nitrogens with zero attached hydrogens (tertiary/aromatic N) is 2. The van der Waals surface area contributed by atoms with Crippen LogP contribution in [0.15, 0.2) is 52.9 Å². The normalized spacial score (nSPS) is 21.5. The van der Waals surface area contributed by atoms with Crippen LogP contribution in [-0.4, -0.2) is 44.1 Å². The van der Waals surface area contributed by atoms with Gasteiger partial charge in [0.2, 0.25) is 5.91 Å². The Kier molecular flexibility index (Phi) is 9.28. The molecule has 3 N–H and O–H groups in total. The summed E-state index contributed by atoms with van der Waals surface area (Å²) in [6, 6.07) is 14.9. The molecule has 2 heterocycles. The van der Waals surface area contributed by atoms with Gasteiger partial charge in [-0.1, -0.05) is 66.4 Å². The summed E-state index contributed by atoms with van der Waals surface area (Å²) in [6.07, 6.45) is -1.45. The lowest BCUT2D eigenvalue weighted by Crippen LogP contribution is -2.38. The SMILES string of the molecule is Cc1nnc(SC[C@@H]2O[C@H](c3cccc(NC(=O)CCC(=O)O)c3)O[C@H](c3ccc(CO)cc3)[C@@H]2C)s1. The fourth-order valence-corrected chi connectivity index (χ4v) is 6.01. The third kappa shape index (κ3) is 7.36. The van der Waals surface area contributed by atoms with Gasteiger partial charge in [0, 0.05) is 29.3 Å². The molecule has 0 saturated carbocycles. The molecule has 1 saturated heterocycles. The zero-order valence-corrected chi connectivity index (χ0v) is 22.1. The lowest BCUT2D eigenvalue weighted by molar-refractivity contribution is -0.268. The quantitative estimate of drug-likeness (QED) is 0.311. The highest BCUT2D eigenvalue weighted by Crippen LogP contribution is 2.43. The van der Waals surface area contributed by atoms with Crippen LogP contribution >= 0.6 is 23.1 Å². The van der Waals surface area contributed by atoms with Crippen LogP contribution in [-0.2, 0) is 25.7 Å². The van der Waals surface area contributed by atoms with Crippen LogP contribution in [0.25, 0.3) is 0 Å². The van der Waals surface area contributed by atoms with E-state index in [2.05, 4.69) is 22.4 Å². The van der Waals surface area contributed by atoms with Crippen LogP contribution in [0.1, 0.15) is 53.9 Å². The first kappa shape index (κ1) is 27.2. The number of aliphatic hydroxyl groups excluding tert-OH is 1. The zero-order valence-electron chi connectivity index (χ0n) is 20.5. The van der Waals surface area contributed by atoms with Gasteiger partial charge in [0.05, 0.1) is 25.2 Å². The molecule has 11 heteroatoms. The number of amides is 1. The van der Waals surface area contributed by atoms with Crippen molar-refractivity contribution in [2.45, 2.75) is 56.1 Å². The van der Waals surface area contributed by atoms with Gasteiger partial charge in [-0.15, -0.1) is 10.2 Å². The predicted molar refractivity (Wildman–Crippen MR) is 140 cm³/mol. The standard InChI is InChI=1S/C26H29N3O6S2/c1-15-21(14-36-26-29-28-16(2)37-26)34-25(35-24(15)18-8-6-17(13-30)7-9-18)19-4-3-5-20(12-19)27-22(31)10-11-23(32)33/h3-9,12,15,21,24-25,30H,10-11,13-14H2,1-2H3,(H,27,31)(H,32,33)/t15-,21+,24+,25+/m1/s1. The number of carboxylic acid groups (broad SMARTS) is 1. The maximum Gasteiger partial charge on any atom is 0.303 e. The second kappa shape index (κ2) is 12.6. The van der Waals surface area contributed by atoms with Crippen molar-refractivity contribution in [3.8, 4) is 0 Å². The molecule has 9 nitrogen and oxygen atoms in total. The van der Waals surface area contributed by atoms with Gasteiger partial charge in [0.1, 0.15) is 5.01 Å². The minimum absolute atomic E-state index is 0.0247. The Morgan fingerprint density at radius 1 is 1.08 bits per heavy atom. The second-order valence-corrected chi connectivity index (χ2v) is 11.2. The number of benzene rings is 2. The van der Waals surface area contributed by atoms with Crippen molar-refractivity contribution in [1.29, 1.82) is 0 Å². The highest BCUT2D eigenvalue weighted by Gasteiger charge is 2.38. The average Bonchev–Trinajstić information content (AvgIpc) is 3.32. The van der Waals surface area contributed by atoms with E-state index in [1.54, 1.807) is 41.3 Å². The lowest BCUT2D eigenvalue weighted by Gasteiger charge is -2.41. The van der Waals surface area contributed by atoms with Crippen LogP contribution in [0.4, 0.5) is 5.69 Å². The minimum Gasteiger partial charge on any atom is -0.481 e. The number of carboxylic acids is 1. The monoisotopic (exact) mass is 543 g/mol. The van der Waals surface area contributed by atoms with Gasteiger partial charge in [-0.2, -0.15) is 0 Å². The molecule has 0 radical (unpaired) electrons. The molecule has 0 bridgehead atoms. The third-order valence-electron chi connectivity index (χ3n) is 6.01. The Labute approximate surface area is 223 Å². The lowest BCUT2D eigenvalue weighted by atomic mass is 9.91. The van der Waals surface area contributed by atoms with Gasteiger partial charge in [-0.05, 0) is 30.2 Å². The number of aromatic nitrogens is 2. The number of aliphatic carboxylic acids is 1. The maximum absolute atomic E-state index is 12.1. The number of thioether (sulfide) groups is 1. The van der Waals surface area contributed by atoms with E-state index in [0.717, 1.165) is 26.0 Å². The van der Waals surface area contributed by atoms with E-state index in [-0.39, 0.29) is 43.5 Å². The fraction of sp³-hybridized carbons (Fsp3) is 0.385. The van der Waals surface area contributed by atoms with Crippen molar-refractivity contribution in [2.24, 2.45) is 5.92 Å². The molecule has 196 valence electrons. The topological polar surface area (TPSA) is 131 Å². The number of aliphatic hydroxyl groups is 1. The molecule has 4 rings (SSSR count).